The van der Waals surface area contributed by atoms with E-state index in [0.29, 0.717) is 16.0 Å². The van der Waals surface area contributed by atoms with Crippen LogP contribution in [0.1, 0.15) is 54.4 Å². The molecule has 1 aromatic carbocycles. The summed E-state index contributed by atoms with van der Waals surface area (Å²) in [7, 11) is 1.38. The summed E-state index contributed by atoms with van der Waals surface area (Å²) in [6, 6.07) is 5.67. The zero-order valence-electron chi connectivity index (χ0n) is 13.9. The van der Waals surface area contributed by atoms with Crippen molar-refractivity contribution in [1.82, 2.24) is 5.32 Å². The number of esters is 1. The second kappa shape index (κ2) is 7.23. The van der Waals surface area contributed by atoms with Crippen LogP contribution in [0.2, 0.25) is 5.02 Å². The first-order valence-corrected chi connectivity index (χ1v) is 9.07. The number of aryl methyl sites for hydroxylation is 1. The Bertz CT molecular complexity index is 558. The molecule has 126 valence electrons. The van der Waals surface area contributed by atoms with E-state index in [-0.39, 0.29) is 5.97 Å². The molecule has 1 aliphatic heterocycles. The Morgan fingerprint density at radius 2 is 2.09 bits per heavy atom. The van der Waals surface area contributed by atoms with Gasteiger partial charge in [-0.3, -0.25) is 0 Å². The molecule has 1 aromatic rings. The van der Waals surface area contributed by atoms with Gasteiger partial charge in [0.15, 0.2) is 0 Å². The molecule has 1 aliphatic carbocycles. The SMILES string of the molecule is COC(=O)c1ccc(CCCC2CC3(CCNCC3)C2)cc1Cl. The summed E-state index contributed by atoms with van der Waals surface area (Å²) < 4.78 is 4.72. The van der Waals surface area contributed by atoms with Crippen molar-refractivity contribution < 1.29 is 9.53 Å². The van der Waals surface area contributed by atoms with Gasteiger partial charge in [-0.15, -0.1) is 0 Å². The Labute approximate surface area is 143 Å². The van der Waals surface area contributed by atoms with E-state index in [9.17, 15) is 4.79 Å². The number of halogens is 1. The van der Waals surface area contributed by atoms with Gasteiger partial charge in [-0.05, 0) is 80.6 Å². The Kier molecular flexibility index (Phi) is 5.27. The molecule has 2 aliphatic rings. The van der Waals surface area contributed by atoms with Crippen LogP contribution >= 0.6 is 11.6 Å². The Hall–Kier alpha value is -1.06. The van der Waals surface area contributed by atoms with Gasteiger partial charge < -0.3 is 10.1 Å². The monoisotopic (exact) mass is 335 g/mol. The molecule has 0 aromatic heterocycles. The van der Waals surface area contributed by atoms with E-state index in [4.69, 9.17) is 16.3 Å². The normalized spacial score (nSPS) is 20.3. The van der Waals surface area contributed by atoms with E-state index >= 15 is 0 Å². The standard InChI is InChI=1S/C19H26ClNO2/c1-23-18(22)16-6-5-14(11-17(16)20)3-2-4-15-12-19(13-15)7-9-21-10-8-19/h5-6,11,15,21H,2-4,7-10,12-13H2,1H3. The second-order valence-electron chi connectivity index (χ2n) is 7.22. The number of piperidine rings is 1. The summed E-state index contributed by atoms with van der Waals surface area (Å²) in [6.45, 7) is 2.41. The van der Waals surface area contributed by atoms with Crippen LogP contribution in [-0.4, -0.2) is 26.2 Å². The molecular formula is C19H26ClNO2. The van der Waals surface area contributed by atoms with Gasteiger partial charge in [0.2, 0.25) is 0 Å². The van der Waals surface area contributed by atoms with Crippen molar-refractivity contribution in [2.45, 2.75) is 44.9 Å². The summed E-state index contributed by atoms with van der Waals surface area (Å²) >= 11 is 6.17. The van der Waals surface area contributed by atoms with Gasteiger partial charge in [0.05, 0.1) is 17.7 Å². The van der Waals surface area contributed by atoms with Crippen LogP contribution in [0.15, 0.2) is 18.2 Å². The maximum absolute atomic E-state index is 11.5. The maximum Gasteiger partial charge on any atom is 0.339 e. The highest BCUT2D eigenvalue weighted by molar-refractivity contribution is 6.33. The van der Waals surface area contributed by atoms with Gasteiger partial charge in [-0.1, -0.05) is 24.1 Å². The second-order valence-corrected chi connectivity index (χ2v) is 7.63. The molecule has 1 saturated carbocycles. The number of hydrogen-bond donors (Lipinski definition) is 1. The van der Waals surface area contributed by atoms with Crippen molar-refractivity contribution in [3.63, 3.8) is 0 Å². The number of carbonyl (C=O) groups is 1. The molecule has 23 heavy (non-hydrogen) atoms. The molecule has 0 amide bonds. The largest absolute Gasteiger partial charge is 0.465 e. The van der Waals surface area contributed by atoms with Gasteiger partial charge in [0, 0.05) is 0 Å². The average Bonchev–Trinajstić information content (AvgIpc) is 2.53. The van der Waals surface area contributed by atoms with Crippen molar-refractivity contribution in [1.29, 1.82) is 0 Å². The summed E-state index contributed by atoms with van der Waals surface area (Å²) in [4.78, 5) is 11.5. The first-order chi connectivity index (χ1) is 11.1. The Morgan fingerprint density at radius 1 is 1.35 bits per heavy atom. The molecule has 3 nitrogen and oxygen atoms in total. The minimum atomic E-state index is -0.372. The van der Waals surface area contributed by atoms with Gasteiger partial charge >= 0.3 is 5.97 Å². The fourth-order valence-electron chi connectivity index (χ4n) is 4.32. The van der Waals surface area contributed by atoms with Crippen LogP contribution in [0, 0.1) is 11.3 Å². The molecule has 0 radical (unpaired) electrons. The summed E-state index contributed by atoms with van der Waals surface area (Å²) in [5.74, 6) is 0.543. The van der Waals surface area contributed by atoms with E-state index in [0.717, 1.165) is 12.3 Å². The van der Waals surface area contributed by atoms with Crippen LogP contribution in [-0.2, 0) is 11.2 Å². The van der Waals surface area contributed by atoms with E-state index in [1.165, 1.54) is 64.3 Å². The third-order valence-electron chi connectivity index (χ3n) is 5.62. The molecule has 4 heteroatoms. The zero-order chi connectivity index (χ0) is 16.3. The number of rotatable bonds is 5. The molecule has 3 rings (SSSR count). The molecule has 1 heterocycles. The number of nitrogens with one attached hydrogen (secondary N) is 1. The maximum atomic E-state index is 11.5. The van der Waals surface area contributed by atoms with Crippen LogP contribution in [0.4, 0.5) is 0 Å². The van der Waals surface area contributed by atoms with Gasteiger partial charge in [-0.25, -0.2) is 4.79 Å². The highest BCUT2D eigenvalue weighted by atomic mass is 35.5. The fraction of sp³-hybridized carbons (Fsp3) is 0.632. The smallest absolute Gasteiger partial charge is 0.339 e. The predicted octanol–water partition coefficient (Wildman–Crippen LogP) is 4.23. The Balaban J connectivity index is 1.43. The van der Waals surface area contributed by atoms with Crippen molar-refractivity contribution in [3.05, 3.63) is 34.3 Å². The molecule has 2 fully saturated rings. The molecule has 0 atom stereocenters. The molecule has 0 bridgehead atoms. The van der Waals surface area contributed by atoms with Crippen LogP contribution < -0.4 is 5.32 Å². The molecule has 1 N–H and O–H groups in total. The molecule has 0 unspecified atom stereocenters. The van der Waals surface area contributed by atoms with Gasteiger partial charge in [-0.2, -0.15) is 0 Å². The molecule has 1 saturated heterocycles. The minimum Gasteiger partial charge on any atom is -0.465 e. The number of carbonyl (C=O) groups excluding carboxylic acids is 1. The van der Waals surface area contributed by atoms with E-state index < -0.39 is 0 Å². The summed E-state index contributed by atoms with van der Waals surface area (Å²) in [6.07, 6.45) is 9.14. The lowest BCUT2D eigenvalue weighted by atomic mass is 9.57. The summed E-state index contributed by atoms with van der Waals surface area (Å²) in [5, 5.41) is 3.96. The number of methoxy groups -OCH3 is 1. The predicted molar refractivity (Wildman–Crippen MR) is 93.0 cm³/mol. The molecular weight excluding hydrogens is 310 g/mol. The lowest BCUT2D eigenvalue weighted by molar-refractivity contribution is 0.0166. The van der Waals surface area contributed by atoms with Crippen molar-refractivity contribution in [2.24, 2.45) is 11.3 Å². The lowest BCUT2D eigenvalue weighted by Crippen LogP contribution is -2.45. The zero-order valence-corrected chi connectivity index (χ0v) is 14.6. The van der Waals surface area contributed by atoms with Crippen molar-refractivity contribution in [2.75, 3.05) is 20.2 Å². The topological polar surface area (TPSA) is 38.3 Å². The third kappa shape index (κ3) is 3.89. The van der Waals surface area contributed by atoms with E-state index in [1.54, 1.807) is 6.07 Å². The third-order valence-corrected chi connectivity index (χ3v) is 5.94. The quantitative estimate of drug-likeness (QED) is 0.818. The number of ether oxygens (including phenoxy) is 1. The van der Waals surface area contributed by atoms with Crippen LogP contribution in [0.5, 0.6) is 0 Å². The van der Waals surface area contributed by atoms with E-state index in [1.807, 2.05) is 12.1 Å². The summed E-state index contributed by atoms with van der Waals surface area (Å²) in [5.41, 5.74) is 2.34. The van der Waals surface area contributed by atoms with Crippen LogP contribution in [0.25, 0.3) is 0 Å². The highest BCUT2D eigenvalue weighted by Gasteiger charge is 2.43. The number of benzene rings is 1. The van der Waals surface area contributed by atoms with E-state index in [2.05, 4.69) is 5.32 Å². The highest BCUT2D eigenvalue weighted by Crippen LogP contribution is 2.53. The fourth-order valence-corrected chi connectivity index (χ4v) is 4.60. The minimum absolute atomic E-state index is 0.372. The first-order valence-electron chi connectivity index (χ1n) is 8.69. The first kappa shape index (κ1) is 16.8. The molecule has 1 spiro atoms. The van der Waals surface area contributed by atoms with Crippen molar-refractivity contribution in [3.8, 4) is 0 Å². The van der Waals surface area contributed by atoms with Crippen LogP contribution in [0.3, 0.4) is 0 Å². The van der Waals surface area contributed by atoms with Gasteiger partial charge in [0.25, 0.3) is 0 Å². The van der Waals surface area contributed by atoms with Gasteiger partial charge in [0.1, 0.15) is 0 Å². The number of hydrogen-bond acceptors (Lipinski definition) is 3. The van der Waals surface area contributed by atoms with Crippen molar-refractivity contribution >= 4 is 17.6 Å². The Morgan fingerprint density at radius 3 is 2.74 bits per heavy atom. The average molecular weight is 336 g/mol. The lowest BCUT2D eigenvalue weighted by Gasteiger charge is -2.50.